The van der Waals surface area contributed by atoms with Crippen molar-refractivity contribution in [2.45, 2.75) is 19.9 Å². The van der Waals surface area contributed by atoms with Crippen LogP contribution in [-0.2, 0) is 0 Å². The summed E-state index contributed by atoms with van der Waals surface area (Å²) in [5.74, 6) is -0.268. The van der Waals surface area contributed by atoms with Gasteiger partial charge < -0.3 is 5.32 Å². The van der Waals surface area contributed by atoms with E-state index >= 15 is 0 Å². The lowest BCUT2D eigenvalue weighted by molar-refractivity contribution is 0.620. The fraction of sp³-hybridized carbons (Fsp3) is 0.200. The SMILES string of the molecule is Cc1cc(F)c(Br)cc1NC(C)c1ccc(Cl)c(Cl)c1. The van der Waals surface area contributed by atoms with E-state index in [2.05, 4.69) is 21.2 Å². The number of benzene rings is 2. The maximum Gasteiger partial charge on any atom is 0.137 e. The third kappa shape index (κ3) is 3.46. The minimum Gasteiger partial charge on any atom is -0.378 e. The van der Waals surface area contributed by atoms with Gasteiger partial charge in [-0.3, -0.25) is 0 Å². The molecule has 0 aliphatic carbocycles. The molecule has 0 heterocycles. The lowest BCUT2D eigenvalue weighted by Gasteiger charge is -2.18. The van der Waals surface area contributed by atoms with Crippen molar-refractivity contribution in [3.63, 3.8) is 0 Å². The van der Waals surface area contributed by atoms with Crippen LogP contribution in [0, 0.1) is 12.7 Å². The molecule has 0 saturated carbocycles. The molecule has 106 valence electrons. The lowest BCUT2D eigenvalue weighted by atomic mass is 10.1. The Morgan fingerprint density at radius 2 is 1.85 bits per heavy atom. The van der Waals surface area contributed by atoms with Gasteiger partial charge in [-0.2, -0.15) is 0 Å². The highest BCUT2D eigenvalue weighted by molar-refractivity contribution is 9.10. The zero-order valence-corrected chi connectivity index (χ0v) is 14.1. The summed E-state index contributed by atoms with van der Waals surface area (Å²) in [7, 11) is 0. The van der Waals surface area contributed by atoms with E-state index in [0.29, 0.717) is 14.5 Å². The first kappa shape index (κ1) is 15.6. The number of halogens is 4. The molecule has 0 aliphatic heterocycles. The number of rotatable bonds is 3. The second kappa shape index (κ2) is 6.33. The maximum absolute atomic E-state index is 13.4. The molecule has 2 rings (SSSR count). The molecule has 0 fully saturated rings. The topological polar surface area (TPSA) is 12.0 Å². The molecular formula is C15H13BrCl2FN. The van der Waals surface area contributed by atoms with Crippen molar-refractivity contribution in [2.75, 3.05) is 5.32 Å². The molecule has 5 heteroatoms. The van der Waals surface area contributed by atoms with Crippen molar-refractivity contribution in [2.24, 2.45) is 0 Å². The van der Waals surface area contributed by atoms with Crippen molar-refractivity contribution in [3.05, 3.63) is 61.8 Å². The van der Waals surface area contributed by atoms with Gasteiger partial charge in [-0.05, 0) is 65.2 Å². The molecule has 0 spiro atoms. The fourth-order valence-electron chi connectivity index (χ4n) is 1.90. The molecule has 0 saturated heterocycles. The summed E-state index contributed by atoms with van der Waals surface area (Å²) in [4.78, 5) is 0. The van der Waals surface area contributed by atoms with Crippen LogP contribution in [0.5, 0.6) is 0 Å². The van der Waals surface area contributed by atoms with E-state index in [0.717, 1.165) is 16.8 Å². The van der Waals surface area contributed by atoms with Crippen molar-refractivity contribution >= 4 is 44.8 Å². The minimum atomic E-state index is -0.268. The predicted molar refractivity (Wildman–Crippen MR) is 87.3 cm³/mol. The Labute approximate surface area is 136 Å². The molecule has 1 N–H and O–H groups in total. The first-order valence-corrected chi connectivity index (χ1v) is 7.60. The van der Waals surface area contributed by atoms with Crippen molar-refractivity contribution in [3.8, 4) is 0 Å². The van der Waals surface area contributed by atoms with Crippen LogP contribution in [0.2, 0.25) is 10.0 Å². The third-order valence-corrected chi connectivity index (χ3v) is 4.43. The van der Waals surface area contributed by atoms with Gasteiger partial charge in [0.25, 0.3) is 0 Å². The van der Waals surface area contributed by atoms with Gasteiger partial charge >= 0.3 is 0 Å². The van der Waals surface area contributed by atoms with Gasteiger partial charge in [0, 0.05) is 11.7 Å². The fourth-order valence-corrected chi connectivity index (χ4v) is 2.55. The molecule has 1 unspecified atom stereocenters. The lowest BCUT2D eigenvalue weighted by Crippen LogP contribution is -2.08. The zero-order chi connectivity index (χ0) is 14.9. The first-order chi connectivity index (χ1) is 9.38. The van der Waals surface area contributed by atoms with Crippen LogP contribution in [0.1, 0.15) is 24.1 Å². The van der Waals surface area contributed by atoms with Crippen LogP contribution >= 0.6 is 39.1 Å². The molecule has 0 aliphatic rings. The Morgan fingerprint density at radius 3 is 2.50 bits per heavy atom. The van der Waals surface area contributed by atoms with Crippen LogP contribution in [0.15, 0.2) is 34.8 Å². The van der Waals surface area contributed by atoms with Crippen molar-refractivity contribution in [1.29, 1.82) is 0 Å². The summed E-state index contributed by atoms with van der Waals surface area (Å²) in [5, 5.41) is 4.40. The Kier molecular flexibility index (Phi) is 4.95. The quantitative estimate of drug-likeness (QED) is 0.655. The van der Waals surface area contributed by atoms with Gasteiger partial charge in [-0.1, -0.05) is 29.3 Å². The Hall–Kier alpha value is -0.770. The predicted octanol–water partition coefficient (Wildman–Crippen LogP) is 6.38. The molecule has 1 nitrogen and oxygen atoms in total. The summed E-state index contributed by atoms with van der Waals surface area (Å²) in [6.45, 7) is 3.87. The van der Waals surface area contributed by atoms with Crippen LogP contribution in [0.4, 0.5) is 10.1 Å². The average molecular weight is 377 g/mol. The van der Waals surface area contributed by atoms with E-state index in [1.54, 1.807) is 12.1 Å². The third-order valence-electron chi connectivity index (χ3n) is 3.08. The number of anilines is 1. The van der Waals surface area contributed by atoms with Gasteiger partial charge in [0.05, 0.1) is 14.5 Å². The zero-order valence-electron chi connectivity index (χ0n) is 11.0. The molecule has 2 aromatic carbocycles. The van der Waals surface area contributed by atoms with Crippen LogP contribution in [-0.4, -0.2) is 0 Å². The van der Waals surface area contributed by atoms with Gasteiger partial charge in [-0.15, -0.1) is 0 Å². The van der Waals surface area contributed by atoms with E-state index in [9.17, 15) is 4.39 Å². The summed E-state index contributed by atoms with van der Waals surface area (Å²) in [6.07, 6.45) is 0. The molecule has 0 bridgehead atoms. The van der Waals surface area contributed by atoms with Gasteiger partial charge in [0.1, 0.15) is 5.82 Å². The molecular weight excluding hydrogens is 364 g/mol. The summed E-state index contributed by atoms with van der Waals surface area (Å²) in [6, 6.07) is 8.77. The van der Waals surface area contributed by atoms with E-state index in [1.807, 2.05) is 26.0 Å². The smallest absolute Gasteiger partial charge is 0.137 e. The second-order valence-corrected chi connectivity index (χ2v) is 6.29. The highest BCUT2D eigenvalue weighted by Crippen LogP contribution is 2.30. The molecule has 0 radical (unpaired) electrons. The Bertz CT molecular complexity index is 646. The van der Waals surface area contributed by atoms with Crippen LogP contribution in [0.25, 0.3) is 0 Å². The van der Waals surface area contributed by atoms with Gasteiger partial charge in [0.15, 0.2) is 0 Å². The molecule has 1 atom stereocenters. The molecule has 0 aromatic heterocycles. The monoisotopic (exact) mass is 375 g/mol. The maximum atomic E-state index is 13.4. The van der Waals surface area contributed by atoms with E-state index in [4.69, 9.17) is 23.2 Å². The highest BCUT2D eigenvalue weighted by atomic mass is 79.9. The normalized spacial score (nSPS) is 12.3. The number of aryl methyl sites for hydroxylation is 1. The molecule has 2 aromatic rings. The number of hydrogen-bond acceptors (Lipinski definition) is 1. The van der Waals surface area contributed by atoms with E-state index in [-0.39, 0.29) is 11.9 Å². The molecule has 20 heavy (non-hydrogen) atoms. The molecule has 0 amide bonds. The summed E-state index contributed by atoms with van der Waals surface area (Å²) in [5.41, 5.74) is 2.73. The second-order valence-electron chi connectivity index (χ2n) is 4.62. The van der Waals surface area contributed by atoms with E-state index in [1.165, 1.54) is 6.07 Å². The largest absolute Gasteiger partial charge is 0.378 e. The highest BCUT2D eigenvalue weighted by Gasteiger charge is 2.11. The van der Waals surface area contributed by atoms with Crippen molar-refractivity contribution in [1.82, 2.24) is 0 Å². The van der Waals surface area contributed by atoms with Crippen LogP contribution in [0.3, 0.4) is 0 Å². The summed E-state index contributed by atoms with van der Waals surface area (Å²) < 4.78 is 13.8. The first-order valence-electron chi connectivity index (χ1n) is 6.05. The van der Waals surface area contributed by atoms with Gasteiger partial charge in [-0.25, -0.2) is 4.39 Å². The van der Waals surface area contributed by atoms with Gasteiger partial charge in [0.2, 0.25) is 0 Å². The summed E-state index contributed by atoms with van der Waals surface area (Å²) >= 11 is 15.1. The number of hydrogen-bond donors (Lipinski definition) is 1. The Balaban J connectivity index is 2.25. The average Bonchev–Trinajstić information content (AvgIpc) is 2.39. The standard InChI is InChI=1S/C15H13BrCl2FN/c1-8-5-14(19)11(16)7-15(8)20-9(2)10-3-4-12(17)13(18)6-10/h3-7,9,20H,1-2H3. The van der Waals surface area contributed by atoms with Crippen LogP contribution < -0.4 is 5.32 Å². The van der Waals surface area contributed by atoms with Crippen molar-refractivity contribution < 1.29 is 4.39 Å². The minimum absolute atomic E-state index is 0.0285. The van der Waals surface area contributed by atoms with E-state index < -0.39 is 0 Å². The number of nitrogens with one attached hydrogen (secondary N) is 1. The Morgan fingerprint density at radius 1 is 1.15 bits per heavy atom.